The van der Waals surface area contributed by atoms with E-state index in [9.17, 15) is 14.4 Å². The molecule has 0 aliphatic heterocycles. The molecular formula is C17H14N2O5. The fourth-order valence-corrected chi connectivity index (χ4v) is 2.30. The third-order valence-corrected chi connectivity index (χ3v) is 3.34. The number of aromatic nitrogens is 1. The van der Waals surface area contributed by atoms with Crippen LogP contribution in [0.4, 0.5) is 10.5 Å². The molecule has 0 saturated heterocycles. The van der Waals surface area contributed by atoms with Gasteiger partial charge in [-0.25, -0.2) is 4.79 Å². The largest absolute Gasteiger partial charge is 0.450 e. The van der Waals surface area contributed by atoms with E-state index < -0.39 is 11.5 Å². The van der Waals surface area contributed by atoms with E-state index in [0.717, 1.165) is 0 Å². The van der Waals surface area contributed by atoms with Gasteiger partial charge in [0.05, 0.1) is 12.3 Å². The summed E-state index contributed by atoms with van der Waals surface area (Å²) < 4.78 is 10.5. The predicted molar refractivity (Wildman–Crippen MR) is 89.2 cm³/mol. The molecule has 0 radical (unpaired) electrons. The lowest BCUT2D eigenvalue weighted by molar-refractivity contribution is 0.168. The minimum Gasteiger partial charge on any atom is -0.450 e. The molecule has 2 heterocycles. The molecule has 1 aromatic carbocycles. The molecule has 0 unspecified atom stereocenters. The van der Waals surface area contributed by atoms with Gasteiger partial charge < -0.3 is 14.1 Å². The highest BCUT2D eigenvalue weighted by Crippen LogP contribution is 2.28. The van der Waals surface area contributed by atoms with Crippen molar-refractivity contribution >= 4 is 22.9 Å². The van der Waals surface area contributed by atoms with Crippen LogP contribution in [-0.2, 0) is 4.74 Å². The van der Waals surface area contributed by atoms with Crippen LogP contribution in [0.25, 0.3) is 22.4 Å². The third kappa shape index (κ3) is 2.91. The molecule has 1 amide bonds. The maximum absolute atomic E-state index is 12.2. The number of rotatable bonds is 3. The lowest BCUT2D eigenvalue weighted by atomic mass is 10.1. The number of amides is 1. The number of benzene rings is 1. The van der Waals surface area contributed by atoms with Gasteiger partial charge in [-0.3, -0.25) is 14.9 Å². The summed E-state index contributed by atoms with van der Waals surface area (Å²) in [6, 6.07) is 9.30. The summed E-state index contributed by atoms with van der Waals surface area (Å²) in [5, 5.41) is 2.58. The summed E-state index contributed by atoms with van der Waals surface area (Å²) in [5.74, 6) is 0.177. The molecule has 2 aromatic heterocycles. The highest BCUT2D eigenvalue weighted by atomic mass is 16.5. The molecule has 7 heteroatoms. The number of nitrogens with one attached hydrogen (secondary N) is 2. The molecule has 3 aromatic rings. The Bertz CT molecular complexity index is 1020. The SMILES string of the molecule is CCOC(=O)Nc1ccccc1-c1cc(=O)c2[nH]ccc(=O)c2o1. The van der Waals surface area contributed by atoms with Crippen LogP contribution in [0.1, 0.15) is 6.92 Å². The zero-order valence-electron chi connectivity index (χ0n) is 12.8. The number of aromatic amines is 1. The van der Waals surface area contributed by atoms with Gasteiger partial charge in [-0.2, -0.15) is 0 Å². The van der Waals surface area contributed by atoms with Crippen LogP contribution in [0.2, 0.25) is 0 Å². The first-order chi connectivity index (χ1) is 11.6. The highest BCUT2D eigenvalue weighted by molar-refractivity contribution is 5.91. The number of carbonyl (C=O) groups is 1. The fraction of sp³-hybridized carbons (Fsp3) is 0.118. The van der Waals surface area contributed by atoms with E-state index in [1.54, 1.807) is 31.2 Å². The average Bonchev–Trinajstić information content (AvgIpc) is 2.56. The van der Waals surface area contributed by atoms with Gasteiger partial charge in [-0.1, -0.05) is 12.1 Å². The molecule has 0 fully saturated rings. The highest BCUT2D eigenvalue weighted by Gasteiger charge is 2.14. The van der Waals surface area contributed by atoms with E-state index in [1.165, 1.54) is 18.3 Å². The first-order valence-electron chi connectivity index (χ1n) is 7.29. The molecular weight excluding hydrogens is 312 g/mol. The summed E-state index contributed by atoms with van der Waals surface area (Å²) in [4.78, 5) is 38.5. The maximum atomic E-state index is 12.2. The van der Waals surface area contributed by atoms with Gasteiger partial charge >= 0.3 is 6.09 Å². The summed E-state index contributed by atoms with van der Waals surface area (Å²) in [6.45, 7) is 1.93. The summed E-state index contributed by atoms with van der Waals surface area (Å²) in [6.07, 6.45) is 0.767. The lowest BCUT2D eigenvalue weighted by Crippen LogP contribution is -2.14. The van der Waals surface area contributed by atoms with Crippen LogP contribution >= 0.6 is 0 Å². The molecule has 24 heavy (non-hydrogen) atoms. The summed E-state index contributed by atoms with van der Waals surface area (Å²) in [5.41, 5.74) is 0.125. The Hall–Kier alpha value is -3.35. The number of fused-ring (bicyclic) bond motifs is 1. The van der Waals surface area contributed by atoms with E-state index in [2.05, 4.69) is 10.3 Å². The van der Waals surface area contributed by atoms with Gasteiger partial charge in [-0.15, -0.1) is 0 Å². The second-order valence-electron chi connectivity index (χ2n) is 4.91. The number of carbonyl (C=O) groups excluding carboxylic acids is 1. The van der Waals surface area contributed by atoms with E-state index in [1.807, 2.05) is 0 Å². The van der Waals surface area contributed by atoms with Gasteiger partial charge in [0.2, 0.25) is 16.4 Å². The monoisotopic (exact) mass is 326 g/mol. The van der Waals surface area contributed by atoms with Crippen LogP contribution < -0.4 is 16.2 Å². The van der Waals surface area contributed by atoms with Crippen molar-refractivity contribution in [2.24, 2.45) is 0 Å². The molecule has 0 spiro atoms. The minimum atomic E-state index is -0.620. The summed E-state index contributed by atoms with van der Waals surface area (Å²) >= 11 is 0. The standard InChI is InChI=1S/C17H14N2O5/c1-2-23-17(22)19-11-6-4-3-5-10(11)14-9-13(21)15-16(24-14)12(20)7-8-18-15/h3-9H,2H2,1H3,(H,18,20)(H,19,22). The van der Waals surface area contributed by atoms with Crippen molar-refractivity contribution in [1.82, 2.24) is 4.98 Å². The van der Waals surface area contributed by atoms with Gasteiger partial charge in [0, 0.05) is 23.9 Å². The Morgan fingerprint density at radius 1 is 1.21 bits per heavy atom. The van der Waals surface area contributed by atoms with Crippen LogP contribution in [-0.4, -0.2) is 17.7 Å². The van der Waals surface area contributed by atoms with Crippen molar-refractivity contribution in [3.05, 3.63) is 63.0 Å². The van der Waals surface area contributed by atoms with Gasteiger partial charge in [0.25, 0.3) is 0 Å². The molecule has 0 aliphatic carbocycles. The predicted octanol–water partition coefficient (Wildman–Crippen LogP) is 2.72. The first-order valence-corrected chi connectivity index (χ1v) is 7.29. The molecule has 0 saturated carbocycles. The number of pyridine rings is 1. The fourth-order valence-electron chi connectivity index (χ4n) is 2.30. The Balaban J connectivity index is 2.15. The number of H-pyrrole nitrogens is 1. The van der Waals surface area contributed by atoms with Gasteiger partial charge in [0.1, 0.15) is 11.3 Å². The van der Waals surface area contributed by atoms with Crippen molar-refractivity contribution in [2.75, 3.05) is 11.9 Å². The molecule has 0 bridgehead atoms. The number of ether oxygens (including phenoxy) is 1. The van der Waals surface area contributed by atoms with Crippen molar-refractivity contribution in [3.63, 3.8) is 0 Å². The Morgan fingerprint density at radius 3 is 2.79 bits per heavy atom. The van der Waals surface area contributed by atoms with E-state index in [4.69, 9.17) is 9.15 Å². The first kappa shape index (κ1) is 15.5. The number of hydrogen-bond donors (Lipinski definition) is 2. The number of anilines is 1. The van der Waals surface area contributed by atoms with E-state index >= 15 is 0 Å². The van der Waals surface area contributed by atoms with E-state index in [-0.39, 0.29) is 28.9 Å². The minimum absolute atomic E-state index is 0.0639. The zero-order chi connectivity index (χ0) is 17.1. The van der Waals surface area contributed by atoms with Crippen molar-refractivity contribution in [3.8, 4) is 11.3 Å². The maximum Gasteiger partial charge on any atom is 0.411 e. The third-order valence-electron chi connectivity index (χ3n) is 3.34. The lowest BCUT2D eigenvalue weighted by Gasteiger charge is -2.10. The molecule has 3 rings (SSSR count). The molecule has 0 atom stereocenters. The van der Waals surface area contributed by atoms with Crippen LogP contribution in [0, 0.1) is 0 Å². The number of para-hydroxylation sites is 1. The van der Waals surface area contributed by atoms with Crippen LogP contribution in [0.3, 0.4) is 0 Å². The Labute approximate surface area is 135 Å². The topological polar surface area (TPSA) is 101 Å². The van der Waals surface area contributed by atoms with Gasteiger partial charge in [-0.05, 0) is 19.1 Å². The van der Waals surface area contributed by atoms with Crippen LogP contribution in [0.15, 0.2) is 56.6 Å². The molecule has 122 valence electrons. The Kier molecular flexibility index (Phi) is 4.15. The van der Waals surface area contributed by atoms with Crippen molar-refractivity contribution in [2.45, 2.75) is 6.92 Å². The van der Waals surface area contributed by atoms with Crippen LogP contribution in [0.5, 0.6) is 0 Å². The average molecular weight is 326 g/mol. The van der Waals surface area contributed by atoms with Crippen molar-refractivity contribution < 1.29 is 13.9 Å². The summed E-state index contributed by atoms with van der Waals surface area (Å²) in [7, 11) is 0. The normalized spacial score (nSPS) is 10.5. The molecule has 2 N–H and O–H groups in total. The molecule has 0 aliphatic rings. The number of hydrogen-bond acceptors (Lipinski definition) is 5. The van der Waals surface area contributed by atoms with Gasteiger partial charge in [0.15, 0.2) is 0 Å². The quantitative estimate of drug-likeness (QED) is 0.770. The smallest absolute Gasteiger partial charge is 0.411 e. The van der Waals surface area contributed by atoms with Crippen molar-refractivity contribution in [1.29, 1.82) is 0 Å². The second kappa shape index (κ2) is 6.41. The Morgan fingerprint density at radius 2 is 2.00 bits per heavy atom. The molecule has 7 nitrogen and oxygen atoms in total. The van der Waals surface area contributed by atoms with E-state index in [0.29, 0.717) is 11.3 Å². The second-order valence-corrected chi connectivity index (χ2v) is 4.91. The zero-order valence-corrected chi connectivity index (χ0v) is 12.8.